The van der Waals surface area contributed by atoms with Crippen LogP contribution in [0.15, 0.2) is 53.7 Å². The molecule has 3 aromatic rings. The molecule has 0 aliphatic heterocycles. The zero-order valence-electron chi connectivity index (χ0n) is 13.9. The number of nitrogens with two attached hydrogens (primary N) is 1. The van der Waals surface area contributed by atoms with Crippen LogP contribution in [0.1, 0.15) is 5.82 Å². The monoisotopic (exact) mass is 499 g/mol. The first-order valence-electron chi connectivity index (χ1n) is 7.78. The predicted molar refractivity (Wildman–Crippen MR) is 109 cm³/mol. The molecule has 1 amide bonds. The van der Waals surface area contributed by atoms with E-state index in [9.17, 15) is 9.18 Å². The average molecular weight is 499 g/mol. The first-order valence-corrected chi connectivity index (χ1v) is 9.85. The van der Waals surface area contributed by atoms with E-state index in [4.69, 9.17) is 10.6 Å². The number of nitrogen functional groups attached to an aromatic ring is 1. The zero-order valence-corrected chi connectivity index (χ0v) is 16.9. The zero-order chi connectivity index (χ0) is 19.2. The maximum absolute atomic E-state index is 13.6. The molecule has 0 aliphatic carbocycles. The van der Waals surface area contributed by atoms with Crippen molar-refractivity contribution in [3.63, 3.8) is 0 Å². The molecule has 0 saturated heterocycles. The Morgan fingerprint density at radius 1 is 1.22 bits per heavy atom. The Labute approximate surface area is 172 Å². The highest BCUT2D eigenvalue weighted by Crippen LogP contribution is 2.20. The van der Waals surface area contributed by atoms with Crippen LogP contribution in [0, 0.1) is 9.39 Å². The first kappa shape index (κ1) is 19.4. The number of para-hydroxylation sites is 2. The third-order valence-corrected chi connectivity index (χ3v) is 5.29. The molecule has 0 spiro atoms. The smallest absolute Gasteiger partial charge is 0.234 e. The molecule has 2 aromatic carbocycles. The van der Waals surface area contributed by atoms with Crippen molar-refractivity contribution in [1.82, 2.24) is 14.9 Å². The molecule has 1 heterocycles. The van der Waals surface area contributed by atoms with Gasteiger partial charge in [0.1, 0.15) is 6.61 Å². The molecule has 0 bridgehead atoms. The molecule has 0 unspecified atom stereocenters. The van der Waals surface area contributed by atoms with Gasteiger partial charge in [-0.2, -0.15) is 0 Å². The summed E-state index contributed by atoms with van der Waals surface area (Å²) in [6.07, 6.45) is 0. The summed E-state index contributed by atoms with van der Waals surface area (Å²) in [5, 5.41) is 11.1. The average Bonchev–Trinajstić information content (AvgIpc) is 3.01. The SMILES string of the molecule is Nn1c(COc2ccccc2F)nnc1SCC(=O)Nc1ccccc1I. The van der Waals surface area contributed by atoms with Gasteiger partial charge in [0.15, 0.2) is 17.4 Å². The number of rotatable bonds is 7. The molecule has 0 fully saturated rings. The van der Waals surface area contributed by atoms with Crippen molar-refractivity contribution in [2.24, 2.45) is 0 Å². The Bertz CT molecular complexity index is 953. The number of nitrogens with one attached hydrogen (secondary N) is 1. The van der Waals surface area contributed by atoms with E-state index in [2.05, 4.69) is 38.1 Å². The van der Waals surface area contributed by atoms with Crippen LogP contribution >= 0.6 is 34.4 Å². The fraction of sp³-hybridized carbons (Fsp3) is 0.118. The minimum absolute atomic E-state index is 0.0423. The summed E-state index contributed by atoms with van der Waals surface area (Å²) >= 11 is 3.30. The number of amides is 1. The molecule has 3 rings (SSSR count). The lowest BCUT2D eigenvalue weighted by Gasteiger charge is -2.08. The number of carbonyl (C=O) groups is 1. The van der Waals surface area contributed by atoms with Crippen LogP contribution in [0.25, 0.3) is 0 Å². The van der Waals surface area contributed by atoms with Gasteiger partial charge in [0, 0.05) is 3.57 Å². The molecular weight excluding hydrogens is 484 g/mol. The van der Waals surface area contributed by atoms with Crippen molar-refractivity contribution in [3.05, 3.63) is 63.7 Å². The standard InChI is InChI=1S/C17H15FIN5O2S/c18-11-5-1-4-8-14(11)26-9-15-22-23-17(24(15)20)27-10-16(25)21-13-7-3-2-6-12(13)19/h1-8H,9-10,20H2,(H,21,25). The topological polar surface area (TPSA) is 95.1 Å². The van der Waals surface area contributed by atoms with Crippen LogP contribution in [0.2, 0.25) is 0 Å². The molecule has 10 heteroatoms. The largest absolute Gasteiger partial charge is 0.482 e. The number of anilines is 1. The van der Waals surface area contributed by atoms with Crippen LogP contribution in [-0.4, -0.2) is 26.5 Å². The Morgan fingerprint density at radius 2 is 1.96 bits per heavy atom. The van der Waals surface area contributed by atoms with E-state index in [1.807, 2.05) is 24.3 Å². The number of thioether (sulfide) groups is 1. The van der Waals surface area contributed by atoms with E-state index < -0.39 is 5.82 Å². The molecule has 27 heavy (non-hydrogen) atoms. The quantitative estimate of drug-likeness (QED) is 0.295. The lowest BCUT2D eigenvalue weighted by molar-refractivity contribution is -0.113. The molecule has 7 nitrogen and oxygen atoms in total. The normalized spacial score (nSPS) is 10.6. The minimum Gasteiger partial charge on any atom is -0.482 e. The fourth-order valence-electron chi connectivity index (χ4n) is 2.09. The van der Waals surface area contributed by atoms with Crippen molar-refractivity contribution in [2.45, 2.75) is 11.8 Å². The second-order valence-electron chi connectivity index (χ2n) is 5.30. The maximum atomic E-state index is 13.6. The fourth-order valence-corrected chi connectivity index (χ4v) is 3.28. The lowest BCUT2D eigenvalue weighted by atomic mass is 10.3. The molecule has 0 saturated carbocycles. The predicted octanol–water partition coefficient (Wildman–Crippen LogP) is 3.05. The summed E-state index contributed by atoms with van der Waals surface area (Å²) in [4.78, 5) is 12.1. The molecule has 1 aromatic heterocycles. The number of nitrogens with zero attached hydrogens (tertiary/aromatic N) is 3. The lowest BCUT2D eigenvalue weighted by Crippen LogP contribution is -2.18. The van der Waals surface area contributed by atoms with Crippen molar-refractivity contribution in [2.75, 3.05) is 16.9 Å². The third-order valence-electron chi connectivity index (χ3n) is 3.41. The highest BCUT2D eigenvalue weighted by Gasteiger charge is 2.14. The molecule has 0 atom stereocenters. The second-order valence-corrected chi connectivity index (χ2v) is 7.41. The van der Waals surface area contributed by atoms with Gasteiger partial charge in [-0.25, -0.2) is 9.07 Å². The van der Waals surface area contributed by atoms with Crippen LogP contribution < -0.4 is 15.9 Å². The van der Waals surface area contributed by atoms with Crippen LogP contribution in [-0.2, 0) is 11.4 Å². The minimum atomic E-state index is -0.470. The number of hydrogen-bond donors (Lipinski definition) is 2. The van der Waals surface area contributed by atoms with E-state index >= 15 is 0 Å². The summed E-state index contributed by atoms with van der Waals surface area (Å²) in [6, 6.07) is 13.5. The van der Waals surface area contributed by atoms with Crippen molar-refractivity contribution in [1.29, 1.82) is 0 Å². The summed E-state index contributed by atoms with van der Waals surface area (Å²) < 4.78 is 21.1. The molecular formula is C17H15FIN5O2S. The van der Waals surface area contributed by atoms with Crippen molar-refractivity contribution in [3.8, 4) is 5.75 Å². The highest BCUT2D eigenvalue weighted by molar-refractivity contribution is 14.1. The molecule has 0 radical (unpaired) electrons. The van der Waals surface area contributed by atoms with E-state index in [1.54, 1.807) is 12.1 Å². The summed E-state index contributed by atoms with van der Waals surface area (Å²) in [7, 11) is 0. The van der Waals surface area contributed by atoms with Crippen LogP contribution in [0.3, 0.4) is 0 Å². The number of aromatic nitrogens is 3. The molecule has 0 aliphatic rings. The van der Waals surface area contributed by atoms with Crippen molar-refractivity contribution >= 4 is 45.9 Å². The van der Waals surface area contributed by atoms with Gasteiger partial charge >= 0.3 is 0 Å². The summed E-state index contributed by atoms with van der Waals surface area (Å²) in [6.45, 7) is -0.0423. The number of carbonyl (C=O) groups excluding carboxylic acids is 1. The first-order chi connectivity index (χ1) is 13.0. The number of benzene rings is 2. The Hall–Kier alpha value is -2.34. The van der Waals surface area contributed by atoms with Gasteiger partial charge in [-0.15, -0.1) is 10.2 Å². The van der Waals surface area contributed by atoms with Gasteiger partial charge in [0.05, 0.1) is 11.4 Å². The summed E-state index contributed by atoms with van der Waals surface area (Å²) in [5.74, 6) is 5.82. The molecule has 3 N–H and O–H groups in total. The Balaban J connectivity index is 1.55. The Kier molecular flexibility index (Phi) is 6.50. The third kappa shape index (κ3) is 5.10. The second kappa shape index (κ2) is 9.04. The number of hydrogen-bond acceptors (Lipinski definition) is 6. The number of halogens is 2. The van der Waals surface area contributed by atoms with E-state index in [-0.39, 0.29) is 24.0 Å². The highest BCUT2D eigenvalue weighted by atomic mass is 127. The van der Waals surface area contributed by atoms with Crippen molar-refractivity contribution < 1.29 is 13.9 Å². The van der Waals surface area contributed by atoms with Gasteiger partial charge in [0.25, 0.3) is 0 Å². The molecule has 140 valence electrons. The van der Waals surface area contributed by atoms with E-state index in [0.717, 1.165) is 21.0 Å². The number of ether oxygens (including phenoxy) is 1. The van der Waals surface area contributed by atoms with E-state index in [0.29, 0.717) is 11.0 Å². The maximum Gasteiger partial charge on any atom is 0.234 e. The van der Waals surface area contributed by atoms with Gasteiger partial charge in [-0.1, -0.05) is 36.0 Å². The van der Waals surface area contributed by atoms with Crippen LogP contribution in [0.4, 0.5) is 10.1 Å². The van der Waals surface area contributed by atoms with E-state index in [1.165, 1.54) is 16.8 Å². The van der Waals surface area contributed by atoms with Gasteiger partial charge in [-0.05, 0) is 46.9 Å². The van der Waals surface area contributed by atoms with Crippen LogP contribution in [0.5, 0.6) is 5.75 Å². The van der Waals surface area contributed by atoms with Gasteiger partial charge in [-0.3, -0.25) is 4.79 Å². The van der Waals surface area contributed by atoms with Gasteiger partial charge in [0.2, 0.25) is 11.1 Å². The summed E-state index contributed by atoms with van der Waals surface area (Å²) in [5.41, 5.74) is 0.747. The Morgan fingerprint density at radius 3 is 2.74 bits per heavy atom. The van der Waals surface area contributed by atoms with Gasteiger partial charge < -0.3 is 15.9 Å².